The predicted molar refractivity (Wildman–Crippen MR) is 37.4 cm³/mol. The van der Waals surface area contributed by atoms with Gasteiger partial charge in [0.15, 0.2) is 0 Å². The van der Waals surface area contributed by atoms with Gasteiger partial charge in [0.05, 0.1) is 6.54 Å². The van der Waals surface area contributed by atoms with Gasteiger partial charge < -0.3 is 10.2 Å². The number of carbonyl (C=O) groups is 2. The van der Waals surface area contributed by atoms with Crippen LogP contribution < -0.4 is 5.32 Å². The van der Waals surface area contributed by atoms with Crippen LogP contribution in [-0.2, 0) is 9.59 Å². The Morgan fingerprint density at radius 3 is 3.09 bits per heavy atom. The number of rotatable bonds is 0. The molecule has 0 bridgehead atoms. The van der Waals surface area contributed by atoms with Gasteiger partial charge in [-0.05, 0) is 0 Å². The first-order valence-corrected chi connectivity index (χ1v) is 3.53. The number of nitrogens with zero attached hydrogens (tertiary/aromatic N) is 1. The highest BCUT2D eigenvalue weighted by Crippen LogP contribution is 2.17. The molecule has 2 amide bonds. The molecule has 2 heterocycles. The van der Waals surface area contributed by atoms with Gasteiger partial charge in [0.1, 0.15) is 6.54 Å². The van der Waals surface area contributed by atoms with Crippen molar-refractivity contribution in [3.63, 3.8) is 0 Å². The number of carbonyl (C=O) groups excluding carboxylic acids is 2. The van der Waals surface area contributed by atoms with Gasteiger partial charge in [-0.3, -0.25) is 9.59 Å². The number of fused-ring (bicyclic) bond motifs is 1. The second-order valence-electron chi connectivity index (χ2n) is 2.66. The van der Waals surface area contributed by atoms with Gasteiger partial charge in [-0.25, -0.2) is 0 Å². The number of hydrogen-bond acceptors (Lipinski definition) is 2. The molecule has 1 N–H and O–H groups in total. The van der Waals surface area contributed by atoms with E-state index in [0.29, 0.717) is 13.0 Å². The lowest BCUT2D eigenvalue weighted by Gasteiger charge is -2.24. The number of hydrogen-bond donors (Lipinski definition) is 1. The molecular weight excluding hydrogens is 144 g/mol. The lowest BCUT2D eigenvalue weighted by molar-refractivity contribution is -0.133. The van der Waals surface area contributed by atoms with Gasteiger partial charge in [0, 0.05) is 12.1 Å². The molecular formula is C7H8N2O2. The molecule has 1 fully saturated rings. The zero-order valence-electron chi connectivity index (χ0n) is 5.96. The lowest BCUT2D eigenvalue weighted by Crippen LogP contribution is -2.46. The maximum Gasteiger partial charge on any atom is 0.240 e. The molecule has 2 aliphatic rings. The van der Waals surface area contributed by atoms with Gasteiger partial charge in [0.2, 0.25) is 11.8 Å². The SMILES string of the molecule is O=C1CN2C(=O)CC=C2CN1. The van der Waals surface area contributed by atoms with Crippen LogP contribution in [0.25, 0.3) is 0 Å². The molecule has 0 radical (unpaired) electrons. The fourth-order valence-electron chi connectivity index (χ4n) is 1.33. The highest BCUT2D eigenvalue weighted by atomic mass is 16.2. The largest absolute Gasteiger partial charge is 0.349 e. The van der Waals surface area contributed by atoms with E-state index in [1.165, 1.54) is 0 Å². The van der Waals surface area contributed by atoms with Crippen LogP contribution in [0.3, 0.4) is 0 Å². The van der Waals surface area contributed by atoms with Crippen molar-refractivity contribution in [2.45, 2.75) is 6.42 Å². The Morgan fingerprint density at radius 2 is 2.27 bits per heavy atom. The monoisotopic (exact) mass is 152 g/mol. The van der Waals surface area contributed by atoms with Crippen molar-refractivity contribution >= 4 is 11.8 Å². The minimum absolute atomic E-state index is 0.0369. The summed E-state index contributed by atoms with van der Waals surface area (Å²) in [5, 5.41) is 2.67. The predicted octanol–water partition coefficient (Wildman–Crippen LogP) is -0.768. The maximum absolute atomic E-state index is 11.0. The van der Waals surface area contributed by atoms with Crippen LogP contribution in [0, 0.1) is 0 Å². The van der Waals surface area contributed by atoms with E-state index in [1.807, 2.05) is 6.08 Å². The molecule has 4 heteroatoms. The van der Waals surface area contributed by atoms with Crippen molar-refractivity contribution < 1.29 is 9.59 Å². The Labute approximate surface area is 63.9 Å². The van der Waals surface area contributed by atoms with Gasteiger partial charge in [-0.15, -0.1) is 0 Å². The number of amides is 2. The molecule has 2 aliphatic heterocycles. The van der Waals surface area contributed by atoms with Crippen LogP contribution in [0.4, 0.5) is 0 Å². The first kappa shape index (κ1) is 6.39. The van der Waals surface area contributed by atoms with Crippen LogP contribution in [-0.4, -0.2) is 29.8 Å². The van der Waals surface area contributed by atoms with Crippen molar-refractivity contribution in [1.29, 1.82) is 0 Å². The summed E-state index contributed by atoms with van der Waals surface area (Å²) in [6.07, 6.45) is 2.31. The van der Waals surface area contributed by atoms with E-state index in [9.17, 15) is 9.59 Å². The molecule has 4 nitrogen and oxygen atoms in total. The molecule has 0 atom stereocenters. The highest BCUT2D eigenvalue weighted by Gasteiger charge is 2.28. The Hall–Kier alpha value is -1.32. The number of piperazine rings is 1. The third-order valence-corrected chi connectivity index (χ3v) is 1.93. The third-order valence-electron chi connectivity index (χ3n) is 1.93. The second-order valence-corrected chi connectivity index (χ2v) is 2.66. The first-order valence-electron chi connectivity index (χ1n) is 3.53. The van der Waals surface area contributed by atoms with Crippen molar-refractivity contribution in [1.82, 2.24) is 10.2 Å². The molecule has 58 valence electrons. The van der Waals surface area contributed by atoms with Crippen molar-refractivity contribution in [2.75, 3.05) is 13.1 Å². The zero-order valence-corrected chi connectivity index (χ0v) is 5.96. The summed E-state index contributed by atoms with van der Waals surface area (Å²) in [4.78, 5) is 23.4. The molecule has 0 saturated carbocycles. The topological polar surface area (TPSA) is 49.4 Å². The quantitative estimate of drug-likeness (QED) is 0.495. The molecule has 0 aliphatic carbocycles. The van der Waals surface area contributed by atoms with Gasteiger partial charge in [0.25, 0.3) is 0 Å². The minimum Gasteiger partial charge on any atom is -0.349 e. The summed E-state index contributed by atoms with van der Waals surface area (Å²) >= 11 is 0. The molecule has 0 aromatic rings. The van der Waals surface area contributed by atoms with E-state index in [-0.39, 0.29) is 18.4 Å². The molecule has 0 unspecified atom stereocenters. The average Bonchev–Trinajstić information content (AvgIpc) is 2.33. The summed E-state index contributed by atoms with van der Waals surface area (Å²) in [6, 6.07) is 0. The molecule has 11 heavy (non-hydrogen) atoms. The van der Waals surface area contributed by atoms with E-state index in [2.05, 4.69) is 5.32 Å². The smallest absolute Gasteiger partial charge is 0.240 e. The van der Waals surface area contributed by atoms with Gasteiger partial charge in [-0.1, -0.05) is 6.08 Å². The van der Waals surface area contributed by atoms with E-state index >= 15 is 0 Å². The second kappa shape index (κ2) is 2.08. The zero-order chi connectivity index (χ0) is 7.84. The minimum atomic E-state index is -0.0719. The normalized spacial score (nSPS) is 22.9. The molecule has 1 saturated heterocycles. The van der Waals surface area contributed by atoms with Crippen molar-refractivity contribution in [3.05, 3.63) is 11.8 Å². The van der Waals surface area contributed by atoms with Crippen LogP contribution >= 0.6 is 0 Å². The summed E-state index contributed by atoms with van der Waals surface area (Å²) < 4.78 is 0. The molecule has 0 aromatic carbocycles. The Bertz CT molecular complexity index is 257. The Kier molecular flexibility index (Phi) is 1.21. The first-order chi connectivity index (χ1) is 5.27. The average molecular weight is 152 g/mol. The van der Waals surface area contributed by atoms with Crippen molar-refractivity contribution in [2.24, 2.45) is 0 Å². The van der Waals surface area contributed by atoms with E-state index in [0.717, 1.165) is 5.70 Å². The fraction of sp³-hybridized carbons (Fsp3) is 0.429. The summed E-state index contributed by atoms with van der Waals surface area (Å²) in [5.74, 6) is -0.0350. The van der Waals surface area contributed by atoms with E-state index in [1.54, 1.807) is 4.90 Å². The third kappa shape index (κ3) is 0.906. The summed E-state index contributed by atoms with van der Waals surface area (Å²) in [5.41, 5.74) is 0.939. The van der Waals surface area contributed by atoms with Crippen LogP contribution in [0.2, 0.25) is 0 Å². The molecule has 2 rings (SSSR count). The standard InChI is InChI=1S/C7H8N2O2/c10-6-4-9-5(3-8-6)1-2-7(9)11/h1H,2-4H2,(H,8,10). The number of nitrogens with one attached hydrogen (secondary N) is 1. The van der Waals surface area contributed by atoms with Crippen molar-refractivity contribution in [3.8, 4) is 0 Å². The van der Waals surface area contributed by atoms with Gasteiger partial charge in [-0.2, -0.15) is 0 Å². The Balaban J connectivity index is 2.21. The fourth-order valence-corrected chi connectivity index (χ4v) is 1.33. The van der Waals surface area contributed by atoms with E-state index in [4.69, 9.17) is 0 Å². The summed E-state index contributed by atoms with van der Waals surface area (Å²) in [6.45, 7) is 0.704. The molecule has 0 spiro atoms. The van der Waals surface area contributed by atoms with E-state index < -0.39 is 0 Å². The lowest BCUT2D eigenvalue weighted by atomic mass is 10.3. The van der Waals surface area contributed by atoms with Crippen LogP contribution in [0.1, 0.15) is 6.42 Å². The molecule has 0 aromatic heterocycles. The maximum atomic E-state index is 11.0. The van der Waals surface area contributed by atoms with Gasteiger partial charge >= 0.3 is 0 Å². The Morgan fingerprint density at radius 1 is 1.45 bits per heavy atom. The van der Waals surface area contributed by atoms with Crippen LogP contribution in [0.15, 0.2) is 11.8 Å². The van der Waals surface area contributed by atoms with Crippen LogP contribution in [0.5, 0.6) is 0 Å². The highest BCUT2D eigenvalue weighted by molar-refractivity contribution is 5.90. The summed E-state index contributed by atoms with van der Waals surface area (Å²) in [7, 11) is 0.